The van der Waals surface area contributed by atoms with E-state index in [1.54, 1.807) is 37.2 Å². The molecular formula is C32H39N3O4S. The third-order valence-corrected chi connectivity index (χ3v) is 9.15. The van der Waals surface area contributed by atoms with Gasteiger partial charge in [0, 0.05) is 31.5 Å². The molecule has 1 N–H and O–H groups in total. The van der Waals surface area contributed by atoms with Gasteiger partial charge in [0.2, 0.25) is 10.0 Å². The zero-order chi connectivity index (χ0) is 29.0. The zero-order valence-electron chi connectivity index (χ0n) is 23.9. The molecule has 1 aliphatic rings. The number of fused-ring (bicyclic) bond motifs is 1. The molecule has 1 heterocycles. The summed E-state index contributed by atoms with van der Waals surface area (Å²) < 4.78 is 34.4. The van der Waals surface area contributed by atoms with Crippen molar-refractivity contribution in [3.63, 3.8) is 0 Å². The fourth-order valence-corrected chi connectivity index (χ4v) is 6.17. The van der Waals surface area contributed by atoms with Gasteiger partial charge < -0.3 is 9.64 Å². The van der Waals surface area contributed by atoms with Gasteiger partial charge in [0.05, 0.1) is 0 Å². The highest BCUT2D eigenvalue weighted by atomic mass is 32.2. The van der Waals surface area contributed by atoms with Gasteiger partial charge in [0.15, 0.2) is 0 Å². The first kappa shape index (κ1) is 29.5. The molecule has 0 aliphatic heterocycles. The van der Waals surface area contributed by atoms with Crippen molar-refractivity contribution >= 4 is 28.3 Å². The third-order valence-electron chi connectivity index (χ3n) is 6.92. The number of aromatic nitrogens is 1. The molecule has 1 aliphatic carbocycles. The van der Waals surface area contributed by atoms with Crippen molar-refractivity contribution in [2.75, 3.05) is 13.1 Å². The average Bonchev–Trinajstić information content (AvgIpc) is 2.90. The number of ether oxygens (including phenoxy) is 1. The molecule has 1 unspecified atom stereocenters. The second kappa shape index (κ2) is 11.9. The van der Waals surface area contributed by atoms with Crippen LogP contribution in [0.3, 0.4) is 0 Å². The second-order valence-electron chi connectivity index (χ2n) is 11.6. The smallest absolute Gasteiger partial charge is 0.410 e. The minimum Gasteiger partial charge on any atom is -0.444 e. The summed E-state index contributed by atoms with van der Waals surface area (Å²) in [7, 11) is -3.77. The van der Waals surface area contributed by atoms with Crippen molar-refractivity contribution in [3.8, 4) is 11.1 Å². The highest BCUT2D eigenvalue weighted by Crippen LogP contribution is 2.25. The van der Waals surface area contributed by atoms with Crippen molar-refractivity contribution < 1.29 is 17.9 Å². The standard InChI is InChI=1S/C32H39N3O4S/c1-24(34-40(37,38)32(5)18-15-29-22-33-19-16-28(29)21-32)23-35(30(36)39-31(2,3)4)20-17-25-11-13-27(14-12-25)26-9-7-6-8-10-26/h6-16,19,21-22,24,34H,17-18,20,23H2,1-5H3/t24-,32?/m1/s1. The Balaban J connectivity index is 1.45. The van der Waals surface area contributed by atoms with E-state index in [-0.39, 0.29) is 6.54 Å². The third kappa shape index (κ3) is 7.37. The Morgan fingerprint density at radius 2 is 1.73 bits per heavy atom. The summed E-state index contributed by atoms with van der Waals surface area (Å²) in [5.41, 5.74) is 2.68. The lowest BCUT2D eigenvalue weighted by Crippen LogP contribution is -2.52. The van der Waals surface area contributed by atoms with Crippen LogP contribution in [0.25, 0.3) is 23.3 Å². The lowest BCUT2D eigenvalue weighted by Gasteiger charge is -2.32. The number of sulfonamides is 1. The van der Waals surface area contributed by atoms with E-state index in [0.29, 0.717) is 19.4 Å². The van der Waals surface area contributed by atoms with Crippen LogP contribution >= 0.6 is 0 Å². The van der Waals surface area contributed by atoms with E-state index in [9.17, 15) is 13.2 Å². The molecule has 40 heavy (non-hydrogen) atoms. The van der Waals surface area contributed by atoms with Crippen LogP contribution in [0.1, 0.15) is 46.6 Å². The Kier molecular flexibility index (Phi) is 8.80. The van der Waals surface area contributed by atoms with E-state index in [4.69, 9.17) is 4.74 Å². The number of nitrogens with one attached hydrogen (secondary N) is 1. The topological polar surface area (TPSA) is 88.6 Å². The summed E-state index contributed by atoms with van der Waals surface area (Å²) in [6, 6.07) is 19.7. The minimum atomic E-state index is -3.77. The van der Waals surface area contributed by atoms with Gasteiger partial charge in [-0.1, -0.05) is 66.7 Å². The summed E-state index contributed by atoms with van der Waals surface area (Å²) in [6.07, 6.45) is 7.56. The summed E-state index contributed by atoms with van der Waals surface area (Å²) in [4.78, 5) is 18.8. The number of pyridine rings is 1. The number of carbonyl (C=O) groups is 1. The summed E-state index contributed by atoms with van der Waals surface area (Å²) in [6.45, 7) is 9.52. The minimum absolute atomic E-state index is 0.177. The number of amides is 1. The van der Waals surface area contributed by atoms with Gasteiger partial charge in [0.25, 0.3) is 0 Å². The van der Waals surface area contributed by atoms with Gasteiger partial charge in [-0.3, -0.25) is 4.98 Å². The molecule has 4 rings (SSSR count). The van der Waals surface area contributed by atoms with Crippen LogP contribution in [0.4, 0.5) is 4.79 Å². The molecule has 0 fully saturated rings. The van der Waals surface area contributed by atoms with Crippen LogP contribution in [0.15, 0.2) is 73.1 Å². The van der Waals surface area contributed by atoms with E-state index in [0.717, 1.165) is 27.1 Å². The van der Waals surface area contributed by atoms with Gasteiger partial charge in [-0.2, -0.15) is 0 Å². The van der Waals surface area contributed by atoms with E-state index in [1.165, 1.54) is 0 Å². The van der Waals surface area contributed by atoms with Gasteiger partial charge in [-0.05, 0) is 80.7 Å². The van der Waals surface area contributed by atoms with E-state index in [1.807, 2.05) is 51.1 Å². The largest absolute Gasteiger partial charge is 0.444 e. The Morgan fingerprint density at radius 3 is 2.40 bits per heavy atom. The monoisotopic (exact) mass is 561 g/mol. The van der Waals surface area contributed by atoms with Crippen LogP contribution < -0.4 is 15.2 Å². The van der Waals surface area contributed by atoms with E-state index < -0.39 is 32.5 Å². The first-order valence-electron chi connectivity index (χ1n) is 13.6. The van der Waals surface area contributed by atoms with Crippen LogP contribution in [-0.4, -0.2) is 53.9 Å². The molecule has 0 bridgehead atoms. The predicted molar refractivity (Wildman–Crippen MR) is 160 cm³/mol. The Bertz CT molecular complexity index is 1550. The van der Waals surface area contributed by atoms with Crippen LogP contribution in [0.5, 0.6) is 0 Å². The molecule has 1 aromatic heterocycles. The molecule has 0 saturated carbocycles. The van der Waals surface area contributed by atoms with Crippen LogP contribution in [0.2, 0.25) is 0 Å². The number of carbonyl (C=O) groups excluding carboxylic acids is 1. The molecule has 3 aromatic rings. The Labute approximate surface area is 237 Å². The number of hydrogen-bond acceptors (Lipinski definition) is 5. The lowest BCUT2D eigenvalue weighted by atomic mass is 9.99. The predicted octanol–water partition coefficient (Wildman–Crippen LogP) is 4.26. The van der Waals surface area contributed by atoms with Crippen molar-refractivity contribution in [2.24, 2.45) is 0 Å². The molecule has 212 valence electrons. The summed E-state index contributed by atoms with van der Waals surface area (Å²) >= 11 is 0. The lowest BCUT2D eigenvalue weighted by molar-refractivity contribution is 0.0241. The first-order valence-corrected chi connectivity index (χ1v) is 15.1. The van der Waals surface area contributed by atoms with E-state index in [2.05, 4.69) is 46.1 Å². The van der Waals surface area contributed by atoms with Gasteiger partial charge in [-0.15, -0.1) is 0 Å². The van der Waals surface area contributed by atoms with Crippen molar-refractivity contribution in [2.45, 2.75) is 63.9 Å². The first-order chi connectivity index (χ1) is 18.9. The Hall–Kier alpha value is -3.49. The summed E-state index contributed by atoms with van der Waals surface area (Å²) in [5.74, 6) is 0. The molecular weight excluding hydrogens is 522 g/mol. The maximum absolute atomic E-state index is 13.5. The molecule has 2 aromatic carbocycles. The van der Waals surface area contributed by atoms with Crippen LogP contribution in [0, 0.1) is 0 Å². The SMILES string of the molecule is C[C@H](CN(CCc1ccc(-c2ccccc2)cc1)C(=O)OC(C)(C)C)NS(=O)(=O)C1(C)C=c2ccncc2=CC1. The second-order valence-corrected chi connectivity index (χ2v) is 13.8. The number of nitrogens with zero attached hydrogens (tertiary/aromatic N) is 2. The molecule has 7 nitrogen and oxygen atoms in total. The highest BCUT2D eigenvalue weighted by molar-refractivity contribution is 7.91. The fourth-order valence-electron chi connectivity index (χ4n) is 4.72. The van der Waals surface area contributed by atoms with Crippen LogP contribution in [-0.2, 0) is 21.2 Å². The van der Waals surface area contributed by atoms with Gasteiger partial charge in [-0.25, -0.2) is 17.9 Å². The zero-order valence-corrected chi connectivity index (χ0v) is 24.7. The molecule has 1 amide bonds. The van der Waals surface area contributed by atoms with E-state index >= 15 is 0 Å². The molecule has 0 spiro atoms. The maximum atomic E-state index is 13.5. The van der Waals surface area contributed by atoms with Crippen molar-refractivity contribution in [3.05, 3.63) is 89.1 Å². The van der Waals surface area contributed by atoms with Crippen molar-refractivity contribution in [1.82, 2.24) is 14.6 Å². The average molecular weight is 562 g/mol. The summed E-state index contributed by atoms with van der Waals surface area (Å²) in [5, 5.41) is 1.77. The quantitative estimate of drug-likeness (QED) is 0.422. The number of rotatable bonds is 9. The number of hydrogen-bond donors (Lipinski definition) is 1. The molecule has 8 heteroatoms. The molecule has 0 saturated heterocycles. The van der Waals surface area contributed by atoms with Crippen molar-refractivity contribution in [1.29, 1.82) is 0 Å². The normalized spacial score (nSPS) is 17.6. The maximum Gasteiger partial charge on any atom is 0.410 e. The molecule has 2 atom stereocenters. The van der Waals surface area contributed by atoms with Gasteiger partial charge >= 0.3 is 6.09 Å². The molecule has 0 radical (unpaired) electrons. The Morgan fingerprint density at radius 1 is 1.05 bits per heavy atom. The highest BCUT2D eigenvalue weighted by Gasteiger charge is 2.38. The fraction of sp³-hybridized carbons (Fsp3) is 0.375. The van der Waals surface area contributed by atoms with Gasteiger partial charge in [0.1, 0.15) is 10.3 Å². The number of benzene rings is 2.